The maximum atomic E-state index is 13.0. The monoisotopic (exact) mass is 415 g/mol. The molecule has 31 heavy (non-hydrogen) atoms. The van der Waals surface area contributed by atoms with E-state index in [2.05, 4.69) is 21.4 Å². The molecule has 156 valence electrons. The van der Waals surface area contributed by atoms with Gasteiger partial charge in [0.25, 0.3) is 5.91 Å². The summed E-state index contributed by atoms with van der Waals surface area (Å²) < 4.78 is 1.65. The van der Waals surface area contributed by atoms with Gasteiger partial charge < -0.3 is 4.90 Å². The third-order valence-electron chi connectivity index (χ3n) is 5.78. The fraction of sp³-hybridized carbons (Fsp3) is 0.217. The normalized spacial score (nSPS) is 24.7. The first kappa shape index (κ1) is 19.5. The Morgan fingerprint density at radius 1 is 1.19 bits per heavy atom. The van der Waals surface area contributed by atoms with Crippen molar-refractivity contribution in [3.8, 4) is 0 Å². The SMILES string of the molecule is O=C(/C=C/c1ccncc1)N1C=CC2=C[N+](C(=O)C3=C[C@H]4NNNC4CC3)=CC2=CC1. The number of amides is 2. The van der Waals surface area contributed by atoms with Crippen molar-refractivity contribution in [3.05, 3.63) is 83.5 Å². The Hall–Kier alpha value is -3.46. The van der Waals surface area contributed by atoms with Gasteiger partial charge in [-0.3, -0.25) is 9.78 Å². The van der Waals surface area contributed by atoms with Crippen molar-refractivity contribution in [3.63, 3.8) is 0 Å². The van der Waals surface area contributed by atoms with E-state index in [-0.39, 0.29) is 17.9 Å². The Kier molecular flexibility index (Phi) is 5.25. The first-order valence-electron chi connectivity index (χ1n) is 10.3. The minimum Gasteiger partial charge on any atom is -0.312 e. The van der Waals surface area contributed by atoms with E-state index in [4.69, 9.17) is 0 Å². The lowest BCUT2D eigenvalue weighted by molar-refractivity contribution is -0.369. The fourth-order valence-electron chi connectivity index (χ4n) is 4.01. The predicted molar refractivity (Wildman–Crippen MR) is 116 cm³/mol. The number of allylic oxidation sites excluding steroid dienone is 3. The van der Waals surface area contributed by atoms with Gasteiger partial charge in [-0.25, -0.2) is 15.6 Å². The van der Waals surface area contributed by atoms with Crippen molar-refractivity contribution in [1.82, 2.24) is 26.3 Å². The number of hydrazine groups is 2. The minimum absolute atomic E-state index is 0.00441. The fourth-order valence-corrected chi connectivity index (χ4v) is 4.01. The molecule has 2 atom stereocenters. The lowest BCUT2D eigenvalue weighted by Crippen LogP contribution is -2.36. The van der Waals surface area contributed by atoms with Crippen LogP contribution in [0.15, 0.2) is 77.9 Å². The van der Waals surface area contributed by atoms with Crippen LogP contribution in [0, 0.1) is 0 Å². The lowest BCUT2D eigenvalue weighted by Gasteiger charge is -2.20. The molecule has 1 aromatic heterocycles. The van der Waals surface area contributed by atoms with Crippen LogP contribution in [-0.2, 0) is 9.59 Å². The molecule has 0 bridgehead atoms. The van der Waals surface area contributed by atoms with Crippen molar-refractivity contribution in [2.24, 2.45) is 0 Å². The molecule has 1 saturated heterocycles. The highest BCUT2D eigenvalue weighted by Crippen LogP contribution is 2.24. The Balaban J connectivity index is 1.27. The number of hydrogen-bond acceptors (Lipinski definition) is 6. The summed E-state index contributed by atoms with van der Waals surface area (Å²) in [6.45, 7) is 0.439. The van der Waals surface area contributed by atoms with Crippen LogP contribution in [0.4, 0.5) is 0 Å². The van der Waals surface area contributed by atoms with Gasteiger partial charge in [-0.15, -0.1) is 4.58 Å². The largest absolute Gasteiger partial charge is 0.420 e. The third kappa shape index (κ3) is 4.09. The zero-order chi connectivity index (χ0) is 21.2. The molecule has 2 amide bonds. The van der Waals surface area contributed by atoms with E-state index in [9.17, 15) is 9.59 Å². The van der Waals surface area contributed by atoms with Gasteiger partial charge in [0.2, 0.25) is 0 Å². The van der Waals surface area contributed by atoms with Crippen LogP contribution in [0.5, 0.6) is 0 Å². The minimum atomic E-state index is -0.105. The van der Waals surface area contributed by atoms with Crippen LogP contribution in [0.2, 0.25) is 0 Å². The summed E-state index contributed by atoms with van der Waals surface area (Å²) in [5.41, 5.74) is 12.8. The number of nitrogens with zero attached hydrogens (tertiary/aromatic N) is 3. The van der Waals surface area contributed by atoms with E-state index >= 15 is 0 Å². The van der Waals surface area contributed by atoms with Gasteiger partial charge in [-0.1, -0.05) is 12.2 Å². The molecule has 0 saturated carbocycles. The van der Waals surface area contributed by atoms with E-state index in [1.165, 1.54) is 0 Å². The van der Waals surface area contributed by atoms with Crippen molar-refractivity contribution in [2.75, 3.05) is 6.54 Å². The highest BCUT2D eigenvalue weighted by molar-refractivity contribution is 5.96. The Bertz CT molecular complexity index is 1100. The summed E-state index contributed by atoms with van der Waals surface area (Å²) in [5.74, 6) is -0.109. The number of carbonyl (C=O) groups excluding carboxylic acids is 2. The van der Waals surface area contributed by atoms with E-state index in [0.29, 0.717) is 12.6 Å². The summed E-state index contributed by atoms with van der Waals surface area (Å²) in [6.07, 6.45) is 19.6. The van der Waals surface area contributed by atoms with Crippen molar-refractivity contribution in [2.45, 2.75) is 24.9 Å². The van der Waals surface area contributed by atoms with E-state index in [1.807, 2.05) is 42.8 Å². The van der Waals surface area contributed by atoms with Crippen LogP contribution in [0.3, 0.4) is 0 Å². The number of fused-ring (bicyclic) bond motifs is 2. The molecule has 1 aromatic rings. The van der Waals surface area contributed by atoms with Gasteiger partial charge in [0.15, 0.2) is 12.4 Å². The number of aromatic nitrogens is 1. The first-order valence-corrected chi connectivity index (χ1v) is 10.3. The number of pyridine rings is 1. The summed E-state index contributed by atoms with van der Waals surface area (Å²) in [7, 11) is 0. The quantitative estimate of drug-likeness (QED) is 0.503. The van der Waals surface area contributed by atoms with Crippen LogP contribution >= 0.6 is 0 Å². The smallest absolute Gasteiger partial charge is 0.312 e. The Morgan fingerprint density at radius 2 is 2.06 bits per heavy atom. The number of hydrogen-bond donors (Lipinski definition) is 3. The van der Waals surface area contributed by atoms with Gasteiger partial charge in [0.1, 0.15) is 0 Å². The number of nitrogens with one attached hydrogen (secondary N) is 3. The Morgan fingerprint density at radius 3 is 2.94 bits per heavy atom. The summed E-state index contributed by atoms with van der Waals surface area (Å²) in [6, 6.07) is 4.12. The molecular formula is C23H23N6O2+. The molecule has 3 N–H and O–H groups in total. The zero-order valence-corrected chi connectivity index (χ0v) is 16.9. The maximum Gasteiger partial charge on any atom is 0.420 e. The molecule has 4 aliphatic rings. The molecule has 0 radical (unpaired) electrons. The molecule has 0 aromatic carbocycles. The highest BCUT2D eigenvalue weighted by atomic mass is 16.2. The van der Waals surface area contributed by atoms with Crippen molar-refractivity contribution >= 4 is 24.1 Å². The summed E-state index contributed by atoms with van der Waals surface area (Å²) in [5, 5.41) is 0. The molecule has 1 aliphatic carbocycles. The summed E-state index contributed by atoms with van der Waals surface area (Å²) in [4.78, 5) is 31.1. The highest BCUT2D eigenvalue weighted by Gasteiger charge is 2.35. The average Bonchev–Trinajstić information content (AvgIpc) is 3.39. The van der Waals surface area contributed by atoms with E-state index < -0.39 is 0 Å². The van der Waals surface area contributed by atoms with Gasteiger partial charge in [0, 0.05) is 42.8 Å². The molecule has 4 heterocycles. The van der Waals surface area contributed by atoms with E-state index in [0.717, 1.165) is 35.1 Å². The molecule has 1 fully saturated rings. The number of carbonyl (C=O) groups is 2. The summed E-state index contributed by atoms with van der Waals surface area (Å²) >= 11 is 0. The van der Waals surface area contributed by atoms with Gasteiger partial charge in [0.05, 0.1) is 17.2 Å². The second kappa shape index (κ2) is 8.35. The van der Waals surface area contributed by atoms with Gasteiger partial charge in [-0.05, 0) is 42.7 Å². The standard InChI is InChI=1S/C23H22N6O2/c30-22(4-1-16-5-9-24-10-6-16)28-11-7-18-14-29(15-19(18)8-12-28)23(31)17-2-3-20-21(13-17)26-27-25-20/h1,4-11,13-15,20-21H,2-3,12H2,(H2-,24,25,26,27,30)/p+1/t20?,21-/m1/s1. The van der Waals surface area contributed by atoms with Crippen molar-refractivity contribution < 1.29 is 14.2 Å². The topological polar surface area (TPSA) is 89.4 Å². The van der Waals surface area contributed by atoms with Crippen LogP contribution < -0.4 is 16.4 Å². The van der Waals surface area contributed by atoms with Crippen LogP contribution in [0.25, 0.3) is 6.08 Å². The van der Waals surface area contributed by atoms with Crippen molar-refractivity contribution in [1.29, 1.82) is 0 Å². The number of rotatable bonds is 3. The molecular weight excluding hydrogens is 392 g/mol. The molecule has 3 aliphatic heterocycles. The van der Waals surface area contributed by atoms with Crippen LogP contribution in [0.1, 0.15) is 18.4 Å². The lowest BCUT2D eigenvalue weighted by atomic mass is 9.92. The second-order valence-corrected chi connectivity index (χ2v) is 7.78. The molecule has 0 spiro atoms. The Labute approximate surface area is 180 Å². The first-order chi connectivity index (χ1) is 15.2. The molecule has 8 heteroatoms. The van der Waals surface area contributed by atoms with Gasteiger partial charge in [-0.2, -0.15) is 5.53 Å². The molecule has 1 unspecified atom stereocenters. The third-order valence-corrected chi connectivity index (χ3v) is 5.78. The van der Waals surface area contributed by atoms with E-state index in [1.54, 1.807) is 40.2 Å². The molecule has 8 nitrogen and oxygen atoms in total. The molecule has 5 rings (SSSR count). The zero-order valence-electron chi connectivity index (χ0n) is 16.9. The van der Waals surface area contributed by atoms with Crippen LogP contribution in [-0.4, -0.2) is 51.1 Å². The maximum absolute atomic E-state index is 13.0. The average molecular weight is 415 g/mol. The second-order valence-electron chi connectivity index (χ2n) is 7.78. The predicted octanol–water partition coefficient (Wildman–Crippen LogP) is 0.954. The van der Waals surface area contributed by atoms with Gasteiger partial charge >= 0.3 is 5.91 Å².